The summed E-state index contributed by atoms with van der Waals surface area (Å²) in [6.07, 6.45) is 0. The molecule has 0 bridgehead atoms. The minimum atomic E-state index is -3.96. The number of hydrogen-bond acceptors (Lipinski definition) is 6. The summed E-state index contributed by atoms with van der Waals surface area (Å²) in [5.41, 5.74) is 0.613. The lowest BCUT2D eigenvalue weighted by Gasteiger charge is -2.14. The maximum atomic E-state index is 12.7. The zero-order valence-corrected chi connectivity index (χ0v) is 15.2. The van der Waals surface area contributed by atoms with Gasteiger partial charge >= 0.3 is 0 Å². The fraction of sp³-hybridized carbons (Fsp3) is 0.0667. The summed E-state index contributed by atoms with van der Waals surface area (Å²) in [7, 11) is -3.96. The fourth-order valence-electron chi connectivity index (χ4n) is 2.64. The molecule has 1 aliphatic heterocycles. The summed E-state index contributed by atoms with van der Waals surface area (Å²) in [5, 5.41) is 11.9. The molecular weight excluding hydrogens is 401 g/mol. The SMILES string of the molecule is O=C1c2ccccc2S(=O)(=O)N1Cc1nnnn1-c1ccc(Cl)c(Cl)c1. The summed E-state index contributed by atoms with van der Waals surface area (Å²) in [5.74, 6) is -0.461. The predicted molar refractivity (Wildman–Crippen MR) is 92.7 cm³/mol. The summed E-state index contributed by atoms with van der Waals surface area (Å²) >= 11 is 11.9. The van der Waals surface area contributed by atoms with Crippen molar-refractivity contribution < 1.29 is 13.2 Å². The average Bonchev–Trinajstić information content (AvgIpc) is 3.16. The van der Waals surface area contributed by atoms with E-state index in [0.29, 0.717) is 15.7 Å². The van der Waals surface area contributed by atoms with Crippen molar-refractivity contribution in [2.45, 2.75) is 11.4 Å². The Morgan fingerprint density at radius 1 is 1.04 bits per heavy atom. The second-order valence-electron chi connectivity index (χ2n) is 5.42. The van der Waals surface area contributed by atoms with Crippen molar-refractivity contribution in [2.75, 3.05) is 0 Å². The van der Waals surface area contributed by atoms with Gasteiger partial charge in [-0.05, 0) is 40.8 Å². The smallest absolute Gasteiger partial charge is 0.268 e. The molecule has 0 N–H and O–H groups in total. The summed E-state index contributed by atoms with van der Waals surface area (Å²) < 4.78 is 27.4. The van der Waals surface area contributed by atoms with Crippen LogP contribution in [0.5, 0.6) is 0 Å². The van der Waals surface area contributed by atoms with E-state index in [2.05, 4.69) is 15.5 Å². The van der Waals surface area contributed by atoms with Crippen LogP contribution in [0.1, 0.15) is 16.2 Å². The molecule has 1 aromatic heterocycles. The van der Waals surface area contributed by atoms with Crippen LogP contribution < -0.4 is 0 Å². The number of rotatable bonds is 3. The van der Waals surface area contributed by atoms with Gasteiger partial charge in [-0.25, -0.2) is 12.7 Å². The first kappa shape index (κ1) is 17.0. The van der Waals surface area contributed by atoms with Gasteiger partial charge in [-0.15, -0.1) is 5.10 Å². The Kier molecular flexibility index (Phi) is 3.94. The van der Waals surface area contributed by atoms with Crippen LogP contribution >= 0.6 is 23.2 Å². The number of carbonyl (C=O) groups excluding carboxylic acids is 1. The number of aromatic nitrogens is 4. The quantitative estimate of drug-likeness (QED) is 0.657. The molecule has 0 aliphatic carbocycles. The number of sulfonamides is 1. The Morgan fingerprint density at radius 3 is 2.54 bits per heavy atom. The molecule has 0 fully saturated rings. The fourth-order valence-corrected chi connectivity index (χ4v) is 4.45. The Balaban J connectivity index is 1.73. The lowest BCUT2D eigenvalue weighted by Crippen LogP contribution is -2.30. The van der Waals surface area contributed by atoms with E-state index < -0.39 is 15.9 Å². The highest BCUT2D eigenvalue weighted by atomic mass is 35.5. The van der Waals surface area contributed by atoms with Crippen molar-refractivity contribution in [1.82, 2.24) is 24.5 Å². The van der Waals surface area contributed by atoms with Gasteiger partial charge in [0.05, 0.1) is 27.8 Å². The van der Waals surface area contributed by atoms with Crippen molar-refractivity contribution >= 4 is 39.1 Å². The third-order valence-electron chi connectivity index (χ3n) is 3.88. The highest BCUT2D eigenvalue weighted by Crippen LogP contribution is 2.31. The van der Waals surface area contributed by atoms with E-state index in [4.69, 9.17) is 23.2 Å². The van der Waals surface area contributed by atoms with Crippen molar-refractivity contribution in [3.05, 3.63) is 63.9 Å². The van der Waals surface area contributed by atoms with Crippen LogP contribution in [-0.4, -0.2) is 38.8 Å². The molecule has 1 amide bonds. The number of amides is 1. The highest BCUT2D eigenvalue weighted by Gasteiger charge is 2.41. The molecule has 132 valence electrons. The van der Waals surface area contributed by atoms with Crippen molar-refractivity contribution in [2.24, 2.45) is 0 Å². The largest absolute Gasteiger partial charge is 0.269 e. The molecule has 0 spiro atoms. The Hall–Kier alpha value is -2.49. The first-order valence-electron chi connectivity index (χ1n) is 7.28. The molecule has 2 aromatic carbocycles. The van der Waals surface area contributed by atoms with E-state index in [1.165, 1.54) is 16.8 Å². The monoisotopic (exact) mass is 409 g/mol. The van der Waals surface area contributed by atoms with Gasteiger partial charge in [0, 0.05) is 0 Å². The molecule has 1 aliphatic rings. The summed E-state index contributed by atoms with van der Waals surface area (Å²) in [4.78, 5) is 12.5. The molecule has 0 atom stereocenters. The number of carbonyl (C=O) groups is 1. The number of nitrogens with zero attached hydrogens (tertiary/aromatic N) is 5. The van der Waals surface area contributed by atoms with Crippen LogP contribution in [0, 0.1) is 0 Å². The molecule has 3 aromatic rings. The Bertz CT molecular complexity index is 1150. The number of fused-ring (bicyclic) bond motifs is 1. The number of hydrogen-bond donors (Lipinski definition) is 0. The second kappa shape index (κ2) is 6.04. The lowest BCUT2D eigenvalue weighted by atomic mass is 10.2. The Labute approximate surface area is 158 Å². The second-order valence-corrected chi connectivity index (χ2v) is 8.06. The molecule has 11 heteroatoms. The molecule has 26 heavy (non-hydrogen) atoms. The number of benzene rings is 2. The zero-order chi connectivity index (χ0) is 18.5. The number of tetrazole rings is 1. The molecule has 0 saturated heterocycles. The van der Waals surface area contributed by atoms with Gasteiger partial charge in [0.25, 0.3) is 15.9 Å². The molecule has 0 unspecified atom stereocenters. The predicted octanol–water partition coefficient (Wildman–Crippen LogP) is 2.31. The van der Waals surface area contributed by atoms with Gasteiger partial charge in [0.1, 0.15) is 4.90 Å². The van der Waals surface area contributed by atoms with Crippen LogP contribution in [0.4, 0.5) is 0 Å². The molecule has 4 rings (SSSR count). The van der Waals surface area contributed by atoms with Crippen molar-refractivity contribution in [3.8, 4) is 5.69 Å². The van der Waals surface area contributed by atoms with Gasteiger partial charge in [0.15, 0.2) is 5.82 Å². The third kappa shape index (κ3) is 2.56. The molecule has 8 nitrogen and oxygen atoms in total. The number of halogens is 2. The highest BCUT2D eigenvalue weighted by molar-refractivity contribution is 7.90. The Morgan fingerprint density at radius 2 is 1.81 bits per heavy atom. The van der Waals surface area contributed by atoms with E-state index in [1.54, 1.807) is 30.3 Å². The van der Waals surface area contributed by atoms with E-state index in [1.807, 2.05) is 0 Å². The van der Waals surface area contributed by atoms with Crippen molar-refractivity contribution in [3.63, 3.8) is 0 Å². The van der Waals surface area contributed by atoms with Crippen LogP contribution in [0.3, 0.4) is 0 Å². The molecular formula is C15H9Cl2N5O3S. The average molecular weight is 410 g/mol. The van der Waals surface area contributed by atoms with E-state index >= 15 is 0 Å². The topological polar surface area (TPSA) is 98.1 Å². The molecule has 2 heterocycles. The van der Waals surface area contributed by atoms with Gasteiger partial charge in [-0.1, -0.05) is 35.3 Å². The summed E-state index contributed by atoms with van der Waals surface area (Å²) in [6, 6.07) is 10.8. The maximum Gasteiger partial charge on any atom is 0.269 e. The normalized spacial score (nSPS) is 15.3. The molecule has 0 radical (unpaired) electrons. The van der Waals surface area contributed by atoms with Crippen LogP contribution in [0.2, 0.25) is 10.0 Å². The minimum Gasteiger partial charge on any atom is -0.268 e. The third-order valence-corrected chi connectivity index (χ3v) is 6.40. The lowest BCUT2D eigenvalue weighted by molar-refractivity contribution is 0.0862. The standard InChI is InChI=1S/C15H9Cl2N5O3S/c16-11-6-5-9(7-12(11)17)22-14(18-19-20-22)8-21-15(23)10-3-1-2-4-13(10)26(21,24)25/h1-7H,8H2. The van der Waals surface area contributed by atoms with Crippen LogP contribution in [0.25, 0.3) is 5.69 Å². The van der Waals surface area contributed by atoms with Gasteiger partial charge in [0.2, 0.25) is 0 Å². The van der Waals surface area contributed by atoms with Gasteiger partial charge in [-0.3, -0.25) is 4.79 Å². The van der Waals surface area contributed by atoms with Crippen LogP contribution in [0.15, 0.2) is 47.4 Å². The van der Waals surface area contributed by atoms with Gasteiger partial charge < -0.3 is 0 Å². The summed E-state index contributed by atoms with van der Waals surface area (Å²) in [6.45, 7) is -0.316. The first-order chi connectivity index (χ1) is 12.4. The first-order valence-corrected chi connectivity index (χ1v) is 9.48. The maximum absolute atomic E-state index is 12.7. The van der Waals surface area contributed by atoms with Crippen LogP contribution in [-0.2, 0) is 16.6 Å². The van der Waals surface area contributed by atoms with Gasteiger partial charge in [-0.2, -0.15) is 4.68 Å². The minimum absolute atomic E-state index is 0.0291. The zero-order valence-electron chi connectivity index (χ0n) is 12.9. The van der Waals surface area contributed by atoms with E-state index in [0.717, 1.165) is 4.31 Å². The molecule has 0 saturated carbocycles. The van der Waals surface area contributed by atoms with E-state index in [9.17, 15) is 13.2 Å². The van der Waals surface area contributed by atoms with Crippen molar-refractivity contribution in [1.29, 1.82) is 0 Å². The van der Waals surface area contributed by atoms with E-state index in [-0.39, 0.29) is 22.8 Å².